The van der Waals surface area contributed by atoms with Crippen LogP contribution in [0.1, 0.15) is 25.1 Å². The van der Waals surface area contributed by atoms with Crippen LogP contribution in [0.15, 0.2) is 0 Å². The van der Waals surface area contributed by atoms with Gasteiger partial charge in [-0.3, -0.25) is 9.48 Å². The first-order valence-electron chi connectivity index (χ1n) is 7.01. The largest absolute Gasteiger partial charge is 0.358 e. The lowest BCUT2D eigenvalue weighted by Gasteiger charge is -2.20. The fraction of sp³-hybridized carbons (Fsp3) is 0.714. The van der Waals surface area contributed by atoms with E-state index in [-0.39, 0.29) is 5.91 Å². The van der Waals surface area contributed by atoms with Crippen molar-refractivity contribution in [3.8, 4) is 0 Å². The van der Waals surface area contributed by atoms with Crippen LogP contribution in [-0.2, 0) is 18.4 Å². The molecule has 0 saturated heterocycles. The summed E-state index contributed by atoms with van der Waals surface area (Å²) in [5, 5.41) is 10.5. The van der Waals surface area contributed by atoms with Crippen molar-refractivity contribution in [2.24, 2.45) is 13.0 Å². The fourth-order valence-electron chi connectivity index (χ4n) is 2.23. The van der Waals surface area contributed by atoms with E-state index in [0.29, 0.717) is 12.5 Å². The third kappa shape index (κ3) is 4.23. The quantitative estimate of drug-likeness (QED) is 0.770. The van der Waals surface area contributed by atoms with Gasteiger partial charge in [0.1, 0.15) is 5.82 Å². The number of nitrogens with zero attached hydrogens (tertiary/aromatic N) is 3. The second kappa shape index (κ2) is 7.28. The molecule has 2 N–H and O–H groups in total. The molecule has 0 aromatic carbocycles. The Morgan fingerprint density at radius 3 is 2.65 bits per heavy atom. The molecule has 0 aliphatic heterocycles. The van der Waals surface area contributed by atoms with E-state index < -0.39 is 0 Å². The third-order valence-electron chi connectivity index (χ3n) is 3.19. The topological polar surface area (TPSA) is 62.2 Å². The van der Waals surface area contributed by atoms with E-state index in [2.05, 4.69) is 29.6 Å². The van der Waals surface area contributed by atoms with Crippen LogP contribution in [0.5, 0.6) is 0 Å². The van der Waals surface area contributed by atoms with Gasteiger partial charge in [0.05, 0.1) is 12.2 Å². The highest BCUT2D eigenvalue weighted by atomic mass is 16.1. The van der Waals surface area contributed by atoms with Gasteiger partial charge in [0.25, 0.3) is 0 Å². The van der Waals surface area contributed by atoms with E-state index in [1.165, 1.54) is 0 Å². The predicted molar refractivity (Wildman–Crippen MR) is 81.8 cm³/mol. The Kier molecular flexibility index (Phi) is 6.01. The minimum Gasteiger partial charge on any atom is -0.358 e. The van der Waals surface area contributed by atoms with Gasteiger partial charge in [-0.25, -0.2) is 0 Å². The first-order chi connectivity index (χ1) is 9.36. The average Bonchev–Trinajstić information content (AvgIpc) is 2.63. The predicted octanol–water partition coefficient (Wildman–Crippen LogP) is 0.656. The summed E-state index contributed by atoms with van der Waals surface area (Å²) in [5.41, 5.74) is 2.15. The molecule has 1 heterocycles. The van der Waals surface area contributed by atoms with E-state index >= 15 is 0 Å². The Morgan fingerprint density at radius 1 is 1.45 bits per heavy atom. The summed E-state index contributed by atoms with van der Waals surface area (Å²) in [5.74, 6) is 1.59. The van der Waals surface area contributed by atoms with Crippen LogP contribution in [0.4, 0.5) is 5.82 Å². The van der Waals surface area contributed by atoms with Gasteiger partial charge in [-0.05, 0) is 19.4 Å². The number of hydrogen-bond acceptors (Lipinski definition) is 4. The summed E-state index contributed by atoms with van der Waals surface area (Å²) in [4.78, 5) is 13.5. The molecule has 0 unspecified atom stereocenters. The molecule has 6 nitrogen and oxygen atoms in total. The summed E-state index contributed by atoms with van der Waals surface area (Å²) in [6.45, 7) is 8.43. The number of likely N-dealkylation sites (N-methyl/N-ethyl adjacent to an activating group) is 2. The zero-order valence-electron chi connectivity index (χ0n) is 13.4. The second-order valence-corrected chi connectivity index (χ2v) is 5.57. The zero-order chi connectivity index (χ0) is 15.3. The number of amides is 1. The van der Waals surface area contributed by atoms with Crippen LogP contribution < -0.4 is 15.5 Å². The van der Waals surface area contributed by atoms with Crippen molar-refractivity contribution in [3.05, 3.63) is 11.3 Å². The molecule has 0 spiro atoms. The smallest absolute Gasteiger partial charge is 0.239 e. The van der Waals surface area contributed by atoms with Gasteiger partial charge in [-0.15, -0.1) is 0 Å². The number of anilines is 1. The monoisotopic (exact) mass is 281 g/mol. The average molecular weight is 281 g/mol. The molecule has 0 fully saturated rings. The molecule has 1 amide bonds. The van der Waals surface area contributed by atoms with E-state index in [0.717, 1.165) is 30.2 Å². The first-order valence-corrected chi connectivity index (χ1v) is 7.01. The summed E-state index contributed by atoms with van der Waals surface area (Å²) >= 11 is 0. The highest BCUT2D eigenvalue weighted by Gasteiger charge is 2.18. The van der Waals surface area contributed by atoms with Crippen molar-refractivity contribution in [1.29, 1.82) is 0 Å². The van der Waals surface area contributed by atoms with Gasteiger partial charge in [0, 0.05) is 33.3 Å². The standard InChI is InChI=1S/C14H27N5O/c1-10(2)7-16-8-12-11(3)17-19(6)14(12)18(5)9-13(20)15-4/h10,16H,7-9H2,1-6H3,(H,15,20). The molecule has 114 valence electrons. The molecule has 1 aromatic heterocycles. The molecular weight excluding hydrogens is 254 g/mol. The normalized spacial score (nSPS) is 10.9. The molecule has 0 bridgehead atoms. The number of hydrogen-bond donors (Lipinski definition) is 2. The molecule has 0 aliphatic rings. The zero-order valence-corrected chi connectivity index (χ0v) is 13.4. The summed E-state index contributed by atoms with van der Waals surface area (Å²) in [6, 6.07) is 0. The second-order valence-electron chi connectivity index (χ2n) is 5.57. The lowest BCUT2D eigenvalue weighted by atomic mass is 10.2. The summed E-state index contributed by atoms with van der Waals surface area (Å²) in [6.07, 6.45) is 0. The Labute approximate surface area is 121 Å². The molecule has 1 aromatic rings. The maximum atomic E-state index is 11.5. The number of carbonyl (C=O) groups is 1. The highest BCUT2D eigenvalue weighted by molar-refractivity contribution is 5.80. The van der Waals surface area contributed by atoms with E-state index in [1.807, 2.05) is 30.6 Å². The van der Waals surface area contributed by atoms with Crippen molar-refractivity contribution in [2.45, 2.75) is 27.3 Å². The maximum absolute atomic E-state index is 11.5. The Bertz CT molecular complexity index is 453. The molecular formula is C14H27N5O. The van der Waals surface area contributed by atoms with Gasteiger partial charge in [-0.1, -0.05) is 13.8 Å². The molecule has 0 radical (unpaired) electrons. The van der Waals surface area contributed by atoms with Crippen LogP contribution in [0.3, 0.4) is 0 Å². The number of aromatic nitrogens is 2. The van der Waals surface area contributed by atoms with Gasteiger partial charge < -0.3 is 15.5 Å². The molecule has 0 atom stereocenters. The Morgan fingerprint density at radius 2 is 2.10 bits per heavy atom. The molecule has 1 rings (SSSR count). The molecule has 0 aliphatic carbocycles. The maximum Gasteiger partial charge on any atom is 0.239 e. The van der Waals surface area contributed by atoms with E-state index in [9.17, 15) is 4.79 Å². The Balaban J connectivity index is 2.85. The van der Waals surface area contributed by atoms with Crippen LogP contribution in [0, 0.1) is 12.8 Å². The molecule has 20 heavy (non-hydrogen) atoms. The van der Waals surface area contributed by atoms with E-state index in [4.69, 9.17) is 0 Å². The van der Waals surface area contributed by atoms with Crippen molar-refractivity contribution in [3.63, 3.8) is 0 Å². The van der Waals surface area contributed by atoms with Crippen molar-refractivity contribution >= 4 is 11.7 Å². The minimum atomic E-state index is -0.00700. The number of carbonyl (C=O) groups excluding carboxylic acids is 1. The van der Waals surface area contributed by atoms with Gasteiger partial charge in [0.15, 0.2) is 0 Å². The number of nitrogens with one attached hydrogen (secondary N) is 2. The summed E-state index contributed by atoms with van der Waals surface area (Å²) < 4.78 is 1.84. The van der Waals surface area contributed by atoms with Crippen LogP contribution in [0.25, 0.3) is 0 Å². The Hall–Kier alpha value is -1.56. The van der Waals surface area contributed by atoms with Crippen molar-refractivity contribution < 1.29 is 4.79 Å². The van der Waals surface area contributed by atoms with Gasteiger partial charge in [-0.2, -0.15) is 5.10 Å². The fourth-order valence-corrected chi connectivity index (χ4v) is 2.23. The van der Waals surface area contributed by atoms with Crippen LogP contribution >= 0.6 is 0 Å². The number of aryl methyl sites for hydroxylation is 2. The van der Waals surface area contributed by atoms with Crippen LogP contribution in [-0.4, -0.2) is 42.9 Å². The SMILES string of the molecule is CNC(=O)CN(C)c1c(CNCC(C)C)c(C)nn1C. The van der Waals surface area contributed by atoms with Gasteiger partial charge >= 0.3 is 0 Å². The van der Waals surface area contributed by atoms with Gasteiger partial charge in [0.2, 0.25) is 5.91 Å². The molecule has 6 heteroatoms. The van der Waals surface area contributed by atoms with E-state index in [1.54, 1.807) is 7.05 Å². The van der Waals surface area contributed by atoms with Crippen molar-refractivity contribution in [1.82, 2.24) is 20.4 Å². The molecule has 0 saturated carbocycles. The van der Waals surface area contributed by atoms with Crippen LogP contribution in [0.2, 0.25) is 0 Å². The lowest BCUT2D eigenvalue weighted by Crippen LogP contribution is -2.34. The lowest BCUT2D eigenvalue weighted by molar-refractivity contribution is -0.119. The first kappa shape index (κ1) is 16.5. The number of rotatable bonds is 7. The summed E-state index contributed by atoms with van der Waals surface area (Å²) in [7, 11) is 5.47. The third-order valence-corrected chi connectivity index (χ3v) is 3.19. The highest BCUT2D eigenvalue weighted by Crippen LogP contribution is 2.21. The van der Waals surface area contributed by atoms with Crippen molar-refractivity contribution in [2.75, 3.05) is 32.1 Å². The minimum absolute atomic E-state index is 0.00700.